The van der Waals surface area contributed by atoms with Gasteiger partial charge in [0.2, 0.25) is 0 Å². The highest BCUT2D eigenvalue weighted by molar-refractivity contribution is 5.71. The minimum absolute atomic E-state index is 0.142. The number of rotatable bonds is 4. The zero-order valence-corrected chi connectivity index (χ0v) is 11.3. The SMILES string of the molecule is CC(c1cc(F)ccc1F)N(C)C1COCC1C(=O)O. The van der Waals surface area contributed by atoms with Crippen LogP contribution in [0.3, 0.4) is 0 Å². The second-order valence-corrected chi connectivity index (χ2v) is 5.06. The molecule has 0 aliphatic carbocycles. The Morgan fingerprint density at radius 1 is 1.45 bits per heavy atom. The minimum atomic E-state index is -0.939. The van der Waals surface area contributed by atoms with Crippen LogP contribution in [-0.4, -0.2) is 42.3 Å². The van der Waals surface area contributed by atoms with Crippen LogP contribution in [-0.2, 0) is 9.53 Å². The number of carboxylic acids is 1. The summed E-state index contributed by atoms with van der Waals surface area (Å²) in [4.78, 5) is 12.9. The Balaban J connectivity index is 2.21. The second kappa shape index (κ2) is 5.85. The average Bonchev–Trinajstić information content (AvgIpc) is 2.89. The molecule has 3 unspecified atom stereocenters. The lowest BCUT2D eigenvalue weighted by molar-refractivity contribution is -0.143. The van der Waals surface area contributed by atoms with Crippen molar-refractivity contribution >= 4 is 5.97 Å². The van der Waals surface area contributed by atoms with E-state index in [0.717, 1.165) is 18.2 Å². The Bertz CT molecular complexity index is 509. The van der Waals surface area contributed by atoms with Crippen molar-refractivity contribution < 1.29 is 23.4 Å². The van der Waals surface area contributed by atoms with Crippen LogP contribution in [0.15, 0.2) is 18.2 Å². The number of benzene rings is 1. The van der Waals surface area contributed by atoms with E-state index in [-0.39, 0.29) is 24.8 Å². The van der Waals surface area contributed by atoms with E-state index in [1.807, 2.05) is 0 Å². The molecule has 20 heavy (non-hydrogen) atoms. The van der Waals surface area contributed by atoms with E-state index in [0.29, 0.717) is 0 Å². The predicted molar refractivity (Wildman–Crippen MR) is 68.3 cm³/mol. The third-order valence-electron chi connectivity index (χ3n) is 3.91. The van der Waals surface area contributed by atoms with Crippen molar-refractivity contribution in [3.8, 4) is 0 Å². The lowest BCUT2D eigenvalue weighted by atomic mass is 9.98. The van der Waals surface area contributed by atoms with Crippen LogP contribution in [0.1, 0.15) is 18.5 Å². The Kier molecular flexibility index (Phi) is 4.35. The van der Waals surface area contributed by atoms with Gasteiger partial charge in [-0.25, -0.2) is 8.78 Å². The lowest BCUT2D eigenvalue weighted by Crippen LogP contribution is -2.42. The van der Waals surface area contributed by atoms with Gasteiger partial charge in [-0.2, -0.15) is 0 Å². The van der Waals surface area contributed by atoms with Gasteiger partial charge in [-0.3, -0.25) is 9.69 Å². The number of aliphatic carboxylic acids is 1. The lowest BCUT2D eigenvalue weighted by Gasteiger charge is -2.32. The van der Waals surface area contributed by atoms with Gasteiger partial charge in [-0.05, 0) is 32.2 Å². The molecule has 0 aromatic heterocycles. The van der Waals surface area contributed by atoms with Gasteiger partial charge in [0.15, 0.2) is 0 Å². The Labute approximate surface area is 116 Å². The molecule has 0 amide bonds. The number of carbonyl (C=O) groups is 1. The smallest absolute Gasteiger partial charge is 0.310 e. The summed E-state index contributed by atoms with van der Waals surface area (Å²) in [7, 11) is 1.70. The Hall–Kier alpha value is -1.53. The van der Waals surface area contributed by atoms with Crippen molar-refractivity contribution in [1.29, 1.82) is 0 Å². The summed E-state index contributed by atoms with van der Waals surface area (Å²) in [6, 6.07) is 2.48. The Morgan fingerprint density at radius 3 is 2.80 bits per heavy atom. The van der Waals surface area contributed by atoms with Gasteiger partial charge in [-0.1, -0.05) is 0 Å². The molecule has 3 atom stereocenters. The van der Waals surface area contributed by atoms with Gasteiger partial charge in [0, 0.05) is 17.6 Å². The Morgan fingerprint density at radius 2 is 2.15 bits per heavy atom. The van der Waals surface area contributed by atoms with Crippen molar-refractivity contribution in [2.75, 3.05) is 20.3 Å². The summed E-state index contributed by atoms with van der Waals surface area (Å²) < 4.78 is 32.2. The molecule has 1 aromatic rings. The highest BCUT2D eigenvalue weighted by atomic mass is 19.1. The highest BCUT2D eigenvalue weighted by Gasteiger charge is 2.38. The summed E-state index contributed by atoms with van der Waals surface area (Å²) >= 11 is 0. The van der Waals surface area contributed by atoms with Gasteiger partial charge in [0.25, 0.3) is 0 Å². The summed E-state index contributed by atoms with van der Waals surface area (Å²) in [6.45, 7) is 2.13. The van der Waals surface area contributed by atoms with Crippen LogP contribution in [0.5, 0.6) is 0 Å². The molecule has 0 radical (unpaired) electrons. The number of ether oxygens (including phenoxy) is 1. The highest BCUT2D eigenvalue weighted by Crippen LogP contribution is 2.29. The predicted octanol–water partition coefficient (Wildman–Crippen LogP) is 2.06. The fourth-order valence-electron chi connectivity index (χ4n) is 2.52. The number of nitrogens with zero attached hydrogens (tertiary/aromatic N) is 1. The monoisotopic (exact) mass is 285 g/mol. The van der Waals surface area contributed by atoms with Gasteiger partial charge < -0.3 is 9.84 Å². The number of halogens is 2. The van der Waals surface area contributed by atoms with Crippen molar-refractivity contribution in [2.24, 2.45) is 5.92 Å². The minimum Gasteiger partial charge on any atom is -0.481 e. The van der Waals surface area contributed by atoms with Crippen LogP contribution >= 0.6 is 0 Å². The quantitative estimate of drug-likeness (QED) is 0.920. The summed E-state index contributed by atoms with van der Waals surface area (Å²) in [5.41, 5.74) is 0.212. The molecule has 2 rings (SSSR count). The molecular weight excluding hydrogens is 268 g/mol. The van der Waals surface area contributed by atoms with Gasteiger partial charge >= 0.3 is 5.97 Å². The van der Waals surface area contributed by atoms with E-state index in [9.17, 15) is 13.6 Å². The average molecular weight is 285 g/mol. The third-order valence-corrected chi connectivity index (χ3v) is 3.91. The van der Waals surface area contributed by atoms with Crippen molar-refractivity contribution in [1.82, 2.24) is 4.90 Å². The molecular formula is C14H17F2NO3. The molecule has 1 fully saturated rings. The molecule has 0 spiro atoms. The van der Waals surface area contributed by atoms with Crippen molar-refractivity contribution in [3.05, 3.63) is 35.4 Å². The first-order valence-electron chi connectivity index (χ1n) is 6.39. The van der Waals surface area contributed by atoms with E-state index < -0.39 is 29.6 Å². The van der Waals surface area contributed by atoms with Crippen molar-refractivity contribution in [3.63, 3.8) is 0 Å². The van der Waals surface area contributed by atoms with Crippen LogP contribution in [0.25, 0.3) is 0 Å². The van der Waals surface area contributed by atoms with E-state index in [1.54, 1.807) is 18.9 Å². The summed E-state index contributed by atoms with van der Waals surface area (Å²) in [6.07, 6.45) is 0. The number of hydrogen-bond donors (Lipinski definition) is 1. The van der Waals surface area contributed by atoms with E-state index in [4.69, 9.17) is 9.84 Å². The van der Waals surface area contributed by atoms with Crippen molar-refractivity contribution in [2.45, 2.75) is 19.0 Å². The number of likely N-dealkylation sites (N-methyl/N-ethyl adjacent to an activating group) is 1. The van der Waals surface area contributed by atoms with E-state index in [2.05, 4.69) is 0 Å². The maximum atomic E-state index is 13.8. The van der Waals surface area contributed by atoms with Gasteiger partial charge in [-0.15, -0.1) is 0 Å². The molecule has 1 aliphatic rings. The largest absolute Gasteiger partial charge is 0.481 e. The molecule has 1 heterocycles. The van der Waals surface area contributed by atoms with Gasteiger partial charge in [0.1, 0.15) is 11.6 Å². The van der Waals surface area contributed by atoms with E-state index in [1.165, 1.54) is 0 Å². The first-order valence-corrected chi connectivity index (χ1v) is 6.39. The molecule has 4 nitrogen and oxygen atoms in total. The molecule has 1 N–H and O–H groups in total. The number of hydrogen-bond acceptors (Lipinski definition) is 3. The molecule has 1 aliphatic heterocycles. The van der Waals surface area contributed by atoms with Crippen LogP contribution in [0.2, 0.25) is 0 Å². The fourth-order valence-corrected chi connectivity index (χ4v) is 2.52. The molecule has 1 saturated heterocycles. The molecule has 110 valence electrons. The zero-order valence-electron chi connectivity index (χ0n) is 11.3. The molecule has 0 saturated carbocycles. The van der Waals surface area contributed by atoms with E-state index >= 15 is 0 Å². The molecule has 1 aromatic carbocycles. The van der Waals surface area contributed by atoms with Crippen LogP contribution in [0.4, 0.5) is 8.78 Å². The fraction of sp³-hybridized carbons (Fsp3) is 0.500. The maximum absolute atomic E-state index is 13.8. The topological polar surface area (TPSA) is 49.8 Å². The van der Waals surface area contributed by atoms with Gasteiger partial charge in [0.05, 0.1) is 19.1 Å². The molecule has 6 heteroatoms. The first-order chi connectivity index (χ1) is 9.41. The summed E-state index contributed by atoms with van der Waals surface area (Å²) in [5, 5.41) is 9.14. The van der Waals surface area contributed by atoms with Crippen LogP contribution < -0.4 is 0 Å². The number of carboxylic acid groups (broad SMARTS) is 1. The zero-order chi connectivity index (χ0) is 14.9. The second-order valence-electron chi connectivity index (χ2n) is 5.06. The third kappa shape index (κ3) is 2.81. The van der Waals surface area contributed by atoms with Crippen LogP contribution in [0, 0.1) is 17.6 Å². The standard InChI is InChI=1S/C14H17F2NO3/c1-8(10-5-9(15)3-4-12(10)16)17(2)13-7-20-6-11(13)14(18)19/h3-5,8,11,13H,6-7H2,1-2H3,(H,18,19). The summed E-state index contributed by atoms with van der Waals surface area (Å²) in [5.74, 6) is -2.61. The first kappa shape index (κ1) is 14.9. The normalized spacial score (nSPS) is 24.1. The maximum Gasteiger partial charge on any atom is 0.310 e. The molecule has 0 bridgehead atoms.